The van der Waals surface area contributed by atoms with E-state index in [9.17, 15) is 9.59 Å². The number of methoxy groups -OCH3 is 1. The summed E-state index contributed by atoms with van der Waals surface area (Å²) in [5, 5.41) is 3.89. The first-order valence-electron chi connectivity index (χ1n) is 12.0. The lowest BCUT2D eigenvalue weighted by atomic mass is 10.0. The molecule has 1 N–H and O–H groups in total. The van der Waals surface area contributed by atoms with Gasteiger partial charge < -0.3 is 15.0 Å². The summed E-state index contributed by atoms with van der Waals surface area (Å²) in [4.78, 5) is 29.0. The van der Waals surface area contributed by atoms with Crippen LogP contribution >= 0.6 is 23.2 Å². The molecule has 0 bridgehead atoms. The van der Waals surface area contributed by atoms with Crippen LogP contribution in [0.2, 0.25) is 10.0 Å². The summed E-state index contributed by atoms with van der Waals surface area (Å²) in [6.45, 7) is 4.23. The van der Waals surface area contributed by atoms with Crippen molar-refractivity contribution in [3.63, 3.8) is 0 Å². The monoisotopic (exact) mass is 526 g/mol. The van der Waals surface area contributed by atoms with Crippen LogP contribution in [0, 0.1) is 0 Å². The zero-order valence-electron chi connectivity index (χ0n) is 20.8. The second-order valence-corrected chi connectivity index (χ2v) is 9.64. The molecule has 3 aromatic rings. The Bertz CT molecular complexity index is 1170. The molecule has 0 saturated heterocycles. The van der Waals surface area contributed by atoms with Crippen molar-refractivity contribution in [3.8, 4) is 5.75 Å². The fraction of sp³-hybridized carbons (Fsp3) is 0.310. The van der Waals surface area contributed by atoms with Crippen LogP contribution in [0.4, 0.5) is 0 Å². The van der Waals surface area contributed by atoms with Crippen LogP contribution in [0.3, 0.4) is 0 Å². The van der Waals surface area contributed by atoms with Crippen molar-refractivity contribution < 1.29 is 14.3 Å². The highest BCUT2D eigenvalue weighted by Crippen LogP contribution is 2.24. The van der Waals surface area contributed by atoms with Crippen LogP contribution in [-0.4, -0.2) is 35.9 Å². The van der Waals surface area contributed by atoms with Crippen molar-refractivity contribution in [2.45, 2.75) is 51.7 Å². The minimum Gasteiger partial charge on any atom is -0.497 e. The molecule has 0 aliphatic rings. The van der Waals surface area contributed by atoms with Crippen molar-refractivity contribution in [2.24, 2.45) is 0 Å². The largest absolute Gasteiger partial charge is 0.497 e. The summed E-state index contributed by atoms with van der Waals surface area (Å²) in [5.41, 5.74) is 2.57. The number of rotatable bonds is 11. The van der Waals surface area contributed by atoms with Gasteiger partial charge in [0.05, 0.1) is 23.6 Å². The van der Waals surface area contributed by atoms with E-state index in [0.29, 0.717) is 22.2 Å². The minimum atomic E-state index is -0.706. The first-order valence-corrected chi connectivity index (χ1v) is 12.8. The molecule has 0 fully saturated rings. The number of carbonyl (C=O) groups excluding carboxylic acids is 2. The molecule has 2 unspecified atom stereocenters. The Morgan fingerprint density at radius 1 is 0.917 bits per heavy atom. The number of ether oxygens (including phenoxy) is 1. The zero-order chi connectivity index (χ0) is 26.1. The van der Waals surface area contributed by atoms with Gasteiger partial charge in [-0.15, -0.1) is 0 Å². The van der Waals surface area contributed by atoms with Crippen LogP contribution in [0.15, 0.2) is 72.8 Å². The average molecular weight is 527 g/mol. The normalized spacial score (nSPS) is 12.5. The fourth-order valence-electron chi connectivity index (χ4n) is 3.89. The smallest absolute Gasteiger partial charge is 0.243 e. The average Bonchev–Trinajstić information content (AvgIpc) is 2.88. The van der Waals surface area contributed by atoms with Gasteiger partial charge in [0.1, 0.15) is 11.8 Å². The van der Waals surface area contributed by atoms with Crippen molar-refractivity contribution in [1.82, 2.24) is 10.2 Å². The van der Waals surface area contributed by atoms with Gasteiger partial charge in [0.2, 0.25) is 11.8 Å². The third kappa shape index (κ3) is 7.74. The van der Waals surface area contributed by atoms with Gasteiger partial charge in [0.15, 0.2) is 0 Å². The maximum absolute atomic E-state index is 13.8. The number of nitrogens with zero attached hydrogens (tertiary/aromatic N) is 1. The molecule has 190 valence electrons. The molecule has 2 amide bonds. The molecule has 0 saturated carbocycles. The van der Waals surface area contributed by atoms with Crippen molar-refractivity contribution in [2.75, 3.05) is 7.11 Å². The van der Waals surface area contributed by atoms with Gasteiger partial charge in [-0.1, -0.05) is 78.7 Å². The van der Waals surface area contributed by atoms with Crippen LogP contribution in [-0.2, 0) is 29.0 Å². The minimum absolute atomic E-state index is 0.0142. The molecular weight excluding hydrogens is 495 g/mol. The van der Waals surface area contributed by atoms with E-state index in [1.54, 1.807) is 30.2 Å². The molecule has 0 aromatic heterocycles. The van der Waals surface area contributed by atoms with Gasteiger partial charge in [0.25, 0.3) is 0 Å². The molecule has 0 aliphatic heterocycles. The van der Waals surface area contributed by atoms with Crippen molar-refractivity contribution in [3.05, 3.63) is 99.5 Å². The van der Waals surface area contributed by atoms with E-state index < -0.39 is 6.04 Å². The maximum atomic E-state index is 13.8. The standard InChI is InChI=1S/C29H32Cl2N2O3/c1-4-20(2)32-29(35)27(17-21-9-6-5-7-10-21)33(19-23-11-8-12-24(15-23)36-3)28(34)18-22-13-14-25(30)26(31)16-22/h5-16,20,27H,4,17-19H2,1-3H3,(H,32,35). The number of amides is 2. The molecule has 3 aromatic carbocycles. The Labute approximate surface area is 223 Å². The number of halogens is 2. The Morgan fingerprint density at radius 2 is 1.64 bits per heavy atom. The van der Waals surface area contributed by atoms with E-state index in [1.165, 1.54) is 0 Å². The lowest BCUT2D eigenvalue weighted by Crippen LogP contribution is -2.52. The Morgan fingerprint density at radius 3 is 2.31 bits per heavy atom. The van der Waals surface area contributed by atoms with E-state index in [-0.39, 0.29) is 30.8 Å². The summed E-state index contributed by atoms with van der Waals surface area (Å²) < 4.78 is 5.38. The van der Waals surface area contributed by atoms with Crippen molar-refractivity contribution in [1.29, 1.82) is 0 Å². The van der Waals surface area contributed by atoms with E-state index in [4.69, 9.17) is 27.9 Å². The first kappa shape index (κ1) is 27.6. The second kappa shape index (κ2) is 13.3. The number of hydrogen-bond donors (Lipinski definition) is 1. The molecule has 0 heterocycles. The fourth-order valence-corrected chi connectivity index (χ4v) is 4.21. The van der Waals surface area contributed by atoms with Crippen LogP contribution in [0.1, 0.15) is 37.0 Å². The van der Waals surface area contributed by atoms with Gasteiger partial charge in [-0.3, -0.25) is 9.59 Å². The lowest BCUT2D eigenvalue weighted by molar-refractivity contribution is -0.141. The van der Waals surface area contributed by atoms with Crippen molar-refractivity contribution >= 4 is 35.0 Å². The summed E-state index contributed by atoms with van der Waals surface area (Å²) in [6, 6.07) is 21.7. The molecule has 0 radical (unpaired) electrons. The van der Waals surface area contributed by atoms with Crippen LogP contribution in [0.5, 0.6) is 5.75 Å². The lowest BCUT2D eigenvalue weighted by Gasteiger charge is -2.32. The number of benzene rings is 3. The summed E-state index contributed by atoms with van der Waals surface area (Å²) in [6.07, 6.45) is 1.26. The molecule has 3 rings (SSSR count). The highest BCUT2D eigenvalue weighted by atomic mass is 35.5. The molecule has 36 heavy (non-hydrogen) atoms. The third-order valence-corrected chi connectivity index (χ3v) is 6.84. The Hall–Kier alpha value is -3.02. The number of hydrogen-bond acceptors (Lipinski definition) is 3. The van der Waals surface area contributed by atoms with E-state index in [2.05, 4.69) is 5.32 Å². The maximum Gasteiger partial charge on any atom is 0.243 e. The highest BCUT2D eigenvalue weighted by molar-refractivity contribution is 6.42. The number of nitrogens with one attached hydrogen (secondary N) is 1. The molecule has 5 nitrogen and oxygen atoms in total. The molecule has 0 spiro atoms. The van der Waals surface area contributed by atoms with Gasteiger partial charge in [-0.25, -0.2) is 0 Å². The number of carbonyl (C=O) groups is 2. The molecule has 2 atom stereocenters. The van der Waals surface area contributed by atoms with Gasteiger partial charge >= 0.3 is 0 Å². The highest BCUT2D eigenvalue weighted by Gasteiger charge is 2.31. The van der Waals surface area contributed by atoms with E-state index in [0.717, 1.165) is 23.1 Å². The molecule has 7 heteroatoms. The van der Waals surface area contributed by atoms with Gasteiger partial charge in [-0.05, 0) is 54.3 Å². The van der Waals surface area contributed by atoms with E-state index in [1.807, 2.05) is 68.4 Å². The Kier molecular flexibility index (Phi) is 10.2. The summed E-state index contributed by atoms with van der Waals surface area (Å²) in [7, 11) is 1.60. The van der Waals surface area contributed by atoms with Gasteiger partial charge in [-0.2, -0.15) is 0 Å². The summed E-state index contributed by atoms with van der Waals surface area (Å²) >= 11 is 12.3. The SMILES string of the molecule is CCC(C)NC(=O)C(Cc1ccccc1)N(Cc1cccc(OC)c1)C(=O)Cc1ccc(Cl)c(Cl)c1. The van der Waals surface area contributed by atoms with Crippen LogP contribution < -0.4 is 10.1 Å². The van der Waals surface area contributed by atoms with E-state index >= 15 is 0 Å². The molecular formula is C29H32Cl2N2O3. The van der Waals surface area contributed by atoms with Gasteiger partial charge in [0, 0.05) is 19.0 Å². The zero-order valence-corrected chi connectivity index (χ0v) is 22.4. The molecule has 0 aliphatic carbocycles. The predicted octanol–water partition coefficient (Wildman–Crippen LogP) is 6.10. The first-order chi connectivity index (χ1) is 17.3. The third-order valence-electron chi connectivity index (χ3n) is 6.10. The summed E-state index contributed by atoms with van der Waals surface area (Å²) in [5.74, 6) is 0.322. The Balaban J connectivity index is 1.99. The predicted molar refractivity (Wildman–Crippen MR) is 146 cm³/mol. The quantitative estimate of drug-likeness (QED) is 0.328. The van der Waals surface area contributed by atoms with Crippen LogP contribution in [0.25, 0.3) is 0 Å². The topological polar surface area (TPSA) is 58.6 Å². The second-order valence-electron chi connectivity index (χ2n) is 8.82.